The van der Waals surface area contributed by atoms with Gasteiger partial charge in [0.2, 0.25) is 5.91 Å². The number of carbonyl (C=O) groups is 1. The summed E-state index contributed by atoms with van der Waals surface area (Å²) in [5.41, 5.74) is 0.489. The largest absolute Gasteiger partial charge is 0.342 e. The molecule has 1 fully saturated rings. The Hall–Kier alpha value is -0.900. The summed E-state index contributed by atoms with van der Waals surface area (Å²) < 4.78 is 13.5. The Kier molecular flexibility index (Phi) is 4.97. The first kappa shape index (κ1) is 14.5. The molecule has 0 bridgehead atoms. The summed E-state index contributed by atoms with van der Waals surface area (Å²) in [6.45, 7) is 3.73. The minimum absolute atomic E-state index is 0.0331. The van der Waals surface area contributed by atoms with Crippen molar-refractivity contribution >= 4 is 21.8 Å². The van der Waals surface area contributed by atoms with Crippen molar-refractivity contribution in [2.24, 2.45) is 5.92 Å². The van der Waals surface area contributed by atoms with Crippen molar-refractivity contribution in [1.29, 1.82) is 0 Å². The van der Waals surface area contributed by atoms with Crippen LogP contribution in [0.15, 0.2) is 24.3 Å². The molecule has 104 valence electrons. The van der Waals surface area contributed by atoms with Gasteiger partial charge in [-0.15, -0.1) is 0 Å². The Bertz CT molecular complexity index is 442. The fourth-order valence-corrected chi connectivity index (χ4v) is 3.05. The number of carbonyl (C=O) groups excluding carboxylic acids is 1. The Morgan fingerprint density at radius 3 is 2.63 bits per heavy atom. The summed E-state index contributed by atoms with van der Waals surface area (Å²) in [7, 11) is 0. The highest BCUT2D eigenvalue weighted by Crippen LogP contribution is 2.25. The van der Waals surface area contributed by atoms with E-state index in [0.717, 1.165) is 25.9 Å². The van der Waals surface area contributed by atoms with Crippen LogP contribution in [0.5, 0.6) is 0 Å². The minimum atomic E-state index is -0.292. The second kappa shape index (κ2) is 6.51. The Labute approximate surface area is 122 Å². The van der Waals surface area contributed by atoms with Gasteiger partial charge in [0.25, 0.3) is 0 Å². The van der Waals surface area contributed by atoms with E-state index in [2.05, 4.69) is 22.9 Å². The van der Waals surface area contributed by atoms with E-state index in [0.29, 0.717) is 16.3 Å². The maximum absolute atomic E-state index is 13.5. The number of benzene rings is 1. The highest BCUT2D eigenvalue weighted by molar-refractivity contribution is 9.09. The average Bonchev–Trinajstić information content (AvgIpc) is 2.41. The van der Waals surface area contributed by atoms with E-state index in [1.54, 1.807) is 18.2 Å². The van der Waals surface area contributed by atoms with Gasteiger partial charge in [-0.3, -0.25) is 4.79 Å². The molecule has 1 atom stereocenters. The molecule has 2 rings (SSSR count). The van der Waals surface area contributed by atoms with Crippen LogP contribution in [0.25, 0.3) is 0 Å². The molecule has 0 saturated carbocycles. The van der Waals surface area contributed by atoms with E-state index in [9.17, 15) is 9.18 Å². The fraction of sp³-hybridized carbons (Fsp3) is 0.533. The van der Waals surface area contributed by atoms with Crippen LogP contribution in [0.2, 0.25) is 0 Å². The predicted molar refractivity (Wildman–Crippen MR) is 77.8 cm³/mol. The number of amides is 1. The lowest BCUT2D eigenvalue weighted by Gasteiger charge is -2.33. The lowest BCUT2D eigenvalue weighted by Crippen LogP contribution is -2.40. The smallest absolute Gasteiger partial charge is 0.227 e. The topological polar surface area (TPSA) is 20.3 Å². The molecule has 1 unspecified atom stereocenters. The van der Waals surface area contributed by atoms with E-state index in [1.165, 1.54) is 6.07 Å². The molecule has 1 aliphatic heterocycles. The maximum Gasteiger partial charge on any atom is 0.227 e. The van der Waals surface area contributed by atoms with E-state index in [-0.39, 0.29) is 18.1 Å². The van der Waals surface area contributed by atoms with Crippen molar-refractivity contribution in [2.45, 2.75) is 31.0 Å². The zero-order chi connectivity index (χ0) is 13.8. The molecular formula is C15H19BrFNO. The van der Waals surface area contributed by atoms with Gasteiger partial charge in [-0.2, -0.15) is 0 Å². The van der Waals surface area contributed by atoms with Gasteiger partial charge in [0.05, 0.1) is 6.42 Å². The van der Waals surface area contributed by atoms with E-state index < -0.39 is 0 Å². The van der Waals surface area contributed by atoms with Crippen LogP contribution in [0.3, 0.4) is 0 Å². The van der Waals surface area contributed by atoms with Gasteiger partial charge in [0.15, 0.2) is 0 Å². The molecule has 0 aliphatic carbocycles. The summed E-state index contributed by atoms with van der Waals surface area (Å²) in [5.74, 6) is 0.378. The van der Waals surface area contributed by atoms with Crippen molar-refractivity contribution in [3.05, 3.63) is 35.6 Å². The average molecular weight is 328 g/mol. The lowest BCUT2D eigenvalue weighted by atomic mass is 9.94. The summed E-state index contributed by atoms with van der Waals surface area (Å²) in [5, 5.41) is 0. The van der Waals surface area contributed by atoms with Crippen molar-refractivity contribution in [2.75, 3.05) is 13.1 Å². The lowest BCUT2D eigenvalue weighted by molar-refractivity contribution is -0.131. The second-order valence-corrected chi connectivity index (χ2v) is 6.61. The van der Waals surface area contributed by atoms with Gasteiger partial charge < -0.3 is 4.90 Å². The number of nitrogens with zero attached hydrogens (tertiary/aromatic N) is 1. The van der Waals surface area contributed by atoms with Gasteiger partial charge in [-0.1, -0.05) is 41.1 Å². The third-order valence-electron chi connectivity index (χ3n) is 3.84. The van der Waals surface area contributed by atoms with Crippen LogP contribution >= 0.6 is 15.9 Å². The van der Waals surface area contributed by atoms with Gasteiger partial charge in [0.1, 0.15) is 5.82 Å². The minimum Gasteiger partial charge on any atom is -0.342 e. The molecule has 1 aromatic carbocycles. The monoisotopic (exact) mass is 327 g/mol. The summed E-state index contributed by atoms with van der Waals surface area (Å²) in [6.07, 6.45) is 2.21. The third-order valence-corrected chi connectivity index (χ3v) is 4.59. The van der Waals surface area contributed by atoms with Crippen molar-refractivity contribution in [3.8, 4) is 0 Å². The SMILES string of the molecule is CC(Br)C1CCN(C(=O)Cc2ccccc2F)CC1. The van der Waals surface area contributed by atoms with Crippen LogP contribution in [-0.4, -0.2) is 28.7 Å². The van der Waals surface area contributed by atoms with E-state index >= 15 is 0 Å². The molecule has 1 amide bonds. The Morgan fingerprint density at radius 2 is 2.05 bits per heavy atom. The number of hydrogen-bond donors (Lipinski definition) is 0. The van der Waals surface area contributed by atoms with Gasteiger partial charge in [-0.05, 0) is 30.4 Å². The zero-order valence-electron chi connectivity index (χ0n) is 11.1. The van der Waals surface area contributed by atoms with E-state index in [1.807, 2.05) is 4.90 Å². The molecule has 0 radical (unpaired) electrons. The standard InChI is InChI=1S/C15H19BrFNO/c1-11(16)12-6-8-18(9-7-12)15(19)10-13-4-2-3-5-14(13)17/h2-5,11-12H,6-10H2,1H3. The molecule has 0 aromatic heterocycles. The van der Waals surface area contributed by atoms with E-state index in [4.69, 9.17) is 0 Å². The van der Waals surface area contributed by atoms with Gasteiger partial charge in [-0.25, -0.2) is 4.39 Å². The number of rotatable bonds is 3. The highest BCUT2D eigenvalue weighted by Gasteiger charge is 2.25. The first-order valence-electron chi connectivity index (χ1n) is 6.73. The zero-order valence-corrected chi connectivity index (χ0v) is 12.7. The molecular weight excluding hydrogens is 309 g/mol. The number of halogens is 2. The van der Waals surface area contributed by atoms with Crippen LogP contribution in [-0.2, 0) is 11.2 Å². The molecule has 1 aliphatic rings. The Morgan fingerprint density at radius 1 is 1.42 bits per heavy atom. The third kappa shape index (κ3) is 3.78. The summed E-state index contributed by atoms with van der Waals surface area (Å²) >= 11 is 3.60. The van der Waals surface area contributed by atoms with Crippen LogP contribution in [0, 0.1) is 11.7 Å². The Balaban J connectivity index is 1.90. The number of piperidine rings is 1. The number of likely N-dealkylation sites (tertiary alicyclic amines) is 1. The predicted octanol–water partition coefficient (Wildman–Crippen LogP) is 3.39. The van der Waals surface area contributed by atoms with Crippen LogP contribution in [0.4, 0.5) is 4.39 Å². The highest BCUT2D eigenvalue weighted by atomic mass is 79.9. The van der Waals surface area contributed by atoms with Gasteiger partial charge >= 0.3 is 0 Å². The molecule has 19 heavy (non-hydrogen) atoms. The van der Waals surface area contributed by atoms with Crippen molar-refractivity contribution < 1.29 is 9.18 Å². The quantitative estimate of drug-likeness (QED) is 0.779. The molecule has 1 aromatic rings. The first-order valence-corrected chi connectivity index (χ1v) is 7.64. The number of hydrogen-bond acceptors (Lipinski definition) is 1. The molecule has 2 nitrogen and oxygen atoms in total. The molecule has 1 heterocycles. The molecule has 4 heteroatoms. The molecule has 1 saturated heterocycles. The van der Waals surface area contributed by atoms with Crippen LogP contribution < -0.4 is 0 Å². The molecule has 0 spiro atoms. The fourth-order valence-electron chi connectivity index (χ4n) is 2.52. The summed E-state index contributed by atoms with van der Waals surface area (Å²) in [4.78, 5) is 14.5. The second-order valence-electron chi connectivity index (χ2n) is 5.16. The van der Waals surface area contributed by atoms with Crippen LogP contribution in [0.1, 0.15) is 25.3 Å². The van der Waals surface area contributed by atoms with Gasteiger partial charge in [0, 0.05) is 17.9 Å². The normalized spacial score (nSPS) is 18.4. The summed E-state index contributed by atoms with van der Waals surface area (Å²) in [6, 6.07) is 6.50. The first-order chi connectivity index (χ1) is 9.08. The van der Waals surface area contributed by atoms with Crippen molar-refractivity contribution in [1.82, 2.24) is 4.90 Å². The number of alkyl halides is 1. The molecule has 0 N–H and O–H groups in total. The van der Waals surface area contributed by atoms with Crippen molar-refractivity contribution in [3.63, 3.8) is 0 Å². The maximum atomic E-state index is 13.5.